The molecule has 2 N–H and O–H groups in total. The Bertz CT molecular complexity index is 510. The van der Waals surface area contributed by atoms with Crippen LogP contribution in [0, 0.1) is 18.3 Å². The van der Waals surface area contributed by atoms with E-state index in [0.29, 0.717) is 16.3 Å². The summed E-state index contributed by atoms with van der Waals surface area (Å²) in [4.78, 5) is 0.406. The van der Waals surface area contributed by atoms with Crippen molar-refractivity contribution in [2.75, 3.05) is 0 Å². The first kappa shape index (κ1) is 15.3. The molecule has 0 amide bonds. The van der Waals surface area contributed by atoms with Gasteiger partial charge in [-0.1, -0.05) is 39.1 Å². The Kier molecular flexibility index (Phi) is 4.38. The zero-order valence-electron chi connectivity index (χ0n) is 12.9. The molecular formula is C17H25NOS. The van der Waals surface area contributed by atoms with Gasteiger partial charge < -0.3 is 10.5 Å². The molecule has 2 atom stereocenters. The Morgan fingerprint density at radius 3 is 2.65 bits per heavy atom. The minimum Gasteiger partial charge on any atom is -0.490 e. The average Bonchev–Trinajstić information content (AvgIpc) is 2.25. The molecule has 3 heteroatoms. The van der Waals surface area contributed by atoms with Crippen molar-refractivity contribution in [2.24, 2.45) is 17.1 Å². The van der Waals surface area contributed by atoms with Crippen molar-refractivity contribution >= 4 is 17.2 Å². The van der Waals surface area contributed by atoms with E-state index in [-0.39, 0.29) is 6.10 Å². The van der Waals surface area contributed by atoms with Crippen molar-refractivity contribution in [3.05, 3.63) is 29.3 Å². The highest BCUT2D eigenvalue weighted by molar-refractivity contribution is 7.80. The smallest absolute Gasteiger partial charge is 0.130 e. The number of nitrogens with two attached hydrogens (primary N) is 1. The first-order chi connectivity index (χ1) is 9.27. The summed E-state index contributed by atoms with van der Waals surface area (Å²) >= 11 is 5.13. The number of hydrogen-bond donors (Lipinski definition) is 1. The minimum absolute atomic E-state index is 0.253. The SMILES string of the molecule is Cc1ccc(C(N)=S)c(OC2CC(C)CC(C)(C)C2)c1. The minimum atomic E-state index is 0.253. The highest BCUT2D eigenvalue weighted by atomic mass is 32.1. The summed E-state index contributed by atoms with van der Waals surface area (Å²) in [5.74, 6) is 1.54. The Morgan fingerprint density at radius 2 is 2.05 bits per heavy atom. The molecule has 0 spiro atoms. The van der Waals surface area contributed by atoms with Gasteiger partial charge in [0.05, 0.1) is 11.7 Å². The summed E-state index contributed by atoms with van der Waals surface area (Å²) in [5.41, 5.74) is 8.16. The van der Waals surface area contributed by atoms with Crippen molar-refractivity contribution < 1.29 is 4.74 Å². The van der Waals surface area contributed by atoms with Crippen molar-refractivity contribution in [2.45, 2.75) is 53.1 Å². The van der Waals surface area contributed by atoms with Gasteiger partial charge in [-0.25, -0.2) is 0 Å². The van der Waals surface area contributed by atoms with E-state index in [1.54, 1.807) is 0 Å². The van der Waals surface area contributed by atoms with Gasteiger partial charge in [-0.2, -0.15) is 0 Å². The van der Waals surface area contributed by atoms with Gasteiger partial charge in [0.15, 0.2) is 0 Å². The molecule has 1 fully saturated rings. The first-order valence-corrected chi connectivity index (χ1v) is 7.75. The number of hydrogen-bond acceptors (Lipinski definition) is 2. The second-order valence-corrected chi connectivity index (χ2v) is 7.46. The van der Waals surface area contributed by atoms with E-state index in [2.05, 4.69) is 27.7 Å². The number of benzene rings is 1. The van der Waals surface area contributed by atoms with Gasteiger partial charge in [0.2, 0.25) is 0 Å². The van der Waals surface area contributed by atoms with Gasteiger partial charge in [0, 0.05) is 0 Å². The van der Waals surface area contributed by atoms with Crippen LogP contribution in [0.4, 0.5) is 0 Å². The van der Waals surface area contributed by atoms with E-state index >= 15 is 0 Å². The van der Waals surface area contributed by atoms with Gasteiger partial charge in [0.1, 0.15) is 10.7 Å². The Balaban J connectivity index is 2.21. The molecule has 1 aliphatic rings. The van der Waals surface area contributed by atoms with Crippen LogP contribution in [-0.4, -0.2) is 11.1 Å². The lowest BCUT2D eigenvalue weighted by Gasteiger charge is -2.39. The lowest BCUT2D eigenvalue weighted by atomic mass is 9.71. The third-order valence-corrected chi connectivity index (χ3v) is 4.26. The van der Waals surface area contributed by atoms with Crippen LogP contribution in [0.15, 0.2) is 18.2 Å². The molecule has 0 aromatic heterocycles. The van der Waals surface area contributed by atoms with Crippen LogP contribution in [-0.2, 0) is 0 Å². The quantitative estimate of drug-likeness (QED) is 0.847. The average molecular weight is 291 g/mol. The van der Waals surface area contributed by atoms with Crippen LogP contribution in [0.2, 0.25) is 0 Å². The lowest BCUT2D eigenvalue weighted by Crippen LogP contribution is -2.34. The van der Waals surface area contributed by atoms with E-state index in [4.69, 9.17) is 22.7 Å². The predicted molar refractivity (Wildman–Crippen MR) is 88.3 cm³/mol. The molecule has 2 nitrogen and oxygen atoms in total. The molecule has 110 valence electrons. The van der Waals surface area contributed by atoms with E-state index < -0.39 is 0 Å². The third-order valence-electron chi connectivity index (χ3n) is 4.04. The molecule has 0 saturated heterocycles. The summed E-state index contributed by atoms with van der Waals surface area (Å²) in [6, 6.07) is 6.03. The highest BCUT2D eigenvalue weighted by Crippen LogP contribution is 2.40. The molecule has 1 aromatic rings. The second-order valence-electron chi connectivity index (χ2n) is 7.02. The van der Waals surface area contributed by atoms with Crippen molar-refractivity contribution in [1.29, 1.82) is 0 Å². The monoisotopic (exact) mass is 291 g/mol. The van der Waals surface area contributed by atoms with Crippen molar-refractivity contribution in [3.63, 3.8) is 0 Å². The fourth-order valence-electron chi connectivity index (χ4n) is 3.46. The number of aryl methyl sites for hydroxylation is 1. The van der Waals surface area contributed by atoms with Gasteiger partial charge in [-0.05, 0) is 55.2 Å². The number of thiocarbonyl (C=S) groups is 1. The van der Waals surface area contributed by atoms with E-state index in [1.165, 1.54) is 12.0 Å². The Labute approximate surface area is 127 Å². The molecular weight excluding hydrogens is 266 g/mol. The van der Waals surface area contributed by atoms with Crippen LogP contribution in [0.25, 0.3) is 0 Å². The Morgan fingerprint density at radius 1 is 1.35 bits per heavy atom. The van der Waals surface area contributed by atoms with E-state index in [9.17, 15) is 0 Å². The number of ether oxygens (including phenoxy) is 1. The molecule has 0 bridgehead atoms. The zero-order valence-corrected chi connectivity index (χ0v) is 13.7. The molecule has 0 radical (unpaired) electrons. The fourth-order valence-corrected chi connectivity index (χ4v) is 3.63. The molecule has 2 rings (SSSR count). The second kappa shape index (κ2) is 5.72. The van der Waals surface area contributed by atoms with Crippen LogP contribution < -0.4 is 10.5 Å². The normalized spacial score (nSPS) is 25.2. The summed E-state index contributed by atoms with van der Waals surface area (Å²) < 4.78 is 6.27. The summed E-state index contributed by atoms with van der Waals surface area (Å²) in [7, 11) is 0. The zero-order chi connectivity index (χ0) is 14.9. The maximum absolute atomic E-state index is 6.27. The largest absolute Gasteiger partial charge is 0.490 e. The summed E-state index contributed by atoms with van der Waals surface area (Å²) in [6.45, 7) is 9.01. The van der Waals surface area contributed by atoms with Gasteiger partial charge in [0.25, 0.3) is 0 Å². The first-order valence-electron chi connectivity index (χ1n) is 7.34. The molecule has 1 aliphatic carbocycles. The molecule has 0 aliphatic heterocycles. The third kappa shape index (κ3) is 3.72. The van der Waals surface area contributed by atoms with Crippen LogP contribution >= 0.6 is 12.2 Å². The fraction of sp³-hybridized carbons (Fsp3) is 0.588. The molecule has 2 unspecified atom stereocenters. The van der Waals surface area contributed by atoms with Crippen LogP contribution in [0.3, 0.4) is 0 Å². The molecule has 1 saturated carbocycles. The molecule has 0 heterocycles. The Hall–Kier alpha value is -1.09. The summed E-state index contributed by atoms with van der Waals surface area (Å²) in [5, 5.41) is 0. The van der Waals surface area contributed by atoms with Gasteiger partial charge >= 0.3 is 0 Å². The number of rotatable bonds is 3. The maximum Gasteiger partial charge on any atom is 0.130 e. The maximum atomic E-state index is 6.27. The van der Waals surface area contributed by atoms with Crippen molar-refractivity contribution in [1.82, 2.24) is 0 Å². The predicted octanol–water partition coefficient (Wildman–Crippen LogP) is 4.22. The summed E-state index contributed by atoms with van der Waals surface area (Å²) in [6.07, 6.45) is 3.71. The van der Waals surface area contributed by atoms with Crippen LogP contribution in [0.1, 0.15) is 51.2 Å². The molecule has 1 aromatic carbocycles. The van der Waals surface area contributed by atoms with E-state index in [1.807, 2.05) is 18.2 Å². The van der Waals surface area contributed by atoms with E-state index in [0.717, 1.165) is 24.2 Å². The van der Waals surface area contributed by atoms with Gasteiger partial charge in [-0.15, -0.1) is 0 Å². The van der Waals surface area contributed by atoms with Crippen molar-refractivity contribution in [3.8, 4) is 5.75 Å². The molecule has 20 heavy (non-hydrogen) atoms. The van der Waals surface area contributed by atoms with Gasteiger partial charge in [-0.3, -0.25) is 0 Å². The topological polar surface area (TPSA) is 35.2 Å². The lowest BCUT2D eigenvalue weighted by molar-refractivity contribution is 0.0561. The standard InChI is InChI=1S/C17H25NOS/c1-11-5-6-14(16(18)20)15(8-11)19-13-7-12(2)9-17(3,4)10-13/h5-6,8,12-13H,7,9-10H2,1-4H3,(H2,18,20). The highest BCUT2D eigenvalue weighted by Gasteiger charge is 2.33. The van der Waals surface area contributed by atoms with Crippen LogP contribution in [0.5, 0.6) is 5.75 Å².